The van der Waals surface area contributed by atoms with Gasteiger partial charge >= 0.3 is 12.1 Å². The minimum absolute atomic E-state index is 0.167. The van der Waals surface area contributed by atoms with Crippen LogP contribution >= 0.6 is 0 Å². The lowest BCUT2D eigenvalue weighted by molar-refractivity contribution is -0.137. The van der Waals surface area contributed by atoms with Crippen molar-refractivity contribution in [3.05, 3.63) is 70.8 Å². The molecule has 0 radical (unpaired) electrons. The summed E-state index contributed by atoms with van der Waals surface area (Å²) in [6.45, 7) is 0.386. The summed E-state index contributed by atoms with van der Waals surface area (Å²) in [6, 6.07) is 11.5. The molecule has 2 aromatic rings. The van der Waals surface area contributed by atoms with Gasteiger partial charge in [-0.05, 0) is 48.1 Å². The summed E-state index contributed by atoms with van der Waals surface area (Å²) in [7, 11) is 0. The van der Waals surface area contributed by atoms with Crippen molar-refractivity contribution in [1.29, 1.82) is 0 Å². The Bertz CT molecular complexity index is 846. The molecule has 0 saturated heterocycles. The number of amides is 1. The number of hydrogen-bond donors (Lipinski definition) is 2. The minimum atomic E-state index is -4.39. The quantitative estimate of drug-likeness (QED) is 0.803. The molecule has 27 heavy (non-hydrogen) atoms. The monoisotopic (exact) mass is 377 g/mol. The van der Waals surface area contributed by atoms with Gasteiger partial charge in [-0.1, -0.05) is 30.3 Å². The van der Waals surface area contributed by atoms with Crippen LogP contribution in [0.1, 0.15) is 39.4 Å². The molecule has 1 aliphatic carbocycles. The third-order valence-corrected chi connectivity index (χ3v) is 4.68. The SMILES string of the molecule is O=C(O)c1ccc(CCNC(=O)C2CC2c2cccc(C(F)(F)F)c2)cc1. The molecule has 7 heteroatoms. The maximum absolute atomic E-state index is 12.8. The zero-order chi connectivity index (χ0) is 19.6. The van der Waals surface area contributed by atoms with Crippen LogP contribution in [0.15, 0.2) is 48.5 Å². The fraction of sp³-hybridized carbons (Fsp3) is 0.300. The van der Waals surface area contributed by atoms with E-state index >= 15 is 0 Å². The van der Waals surface area contributed by atoms with Gasteiger partial charge in [0.2, 0.25) is 5.91 Å². The van der Waals surface area contributed by atoms with Crippen molar-refractivity contribution in [2.45, 2.75) is 24.9 Å². The average Bonchev–Trinajstić information content (AvgIpc) is 3.42. The summed E-state index contributed by atoms with van der Waals surface area (Å²) < 4.78 is 38.4. The van der Waals surface area contributed by atoms with Crippen molar-refractivity contribution in [1.82, 2.24) is 5.32 Å². The minimum Gasteiger partial charge on any atom is -0.478 e. The maximum atomic E-state index is 12.8. The van der Waals surface area contributed by atoms with Gasteiger partial charge in [0.05, 0.1) is 11.1 Å². The van der Waals surface area contributed by atoms with Crippen LogP contribution in [-0.4, -0.2) is 23.5 Å². The Balaban J connectivity index is 1.50. The molecule has 0 heterocycles. The number of carbonyl (C=O) groups is 2. The summed E-state index contributed by atoms with van der Waals surface area (Å²) in [6.07, 6.45) is -3.30. The third kappa shape index (κ3) is 4.67. The van der Waals surface area contributed by atoms with Crippen LogP contribution in [-0.2, 0) is 17.4 Å². The fourth-order valence-corrected chi connectivity index (χ4v) is 3.07. The van der Waals surface area contributed by atoms with Crippen molar-refractivity contribution in [2.75, 3.05) is 6.54 Å². The van der Waals surface area contributed by atoms with Crippen molar-refractivity contribution < 1.29 is 27.9 Å². The van der Waals surface area contributed by atoms with E-state index in [0.29, 0.717) is 24.9 Å². The molecule has 2 aromatic carbocycles. The molecular weight excluding hydrogens is 359 g/mol. The van der Waals surface area contributed by atoms with E-state index in [9.17, 15) is 22.8 Å². The topological polar surface area (TPSA) is 66.4 Å². The van der Waals surface area contributed by atoms with E-state index in [-0.39, 0.29) is 23.3 Å². The zero-order valence-corrected chi connectivity index (χ0v) is 14.3. The number of carbonyl (C=O) groups excluding carboxylic acids is 1. The van der Waals surface area contributed by atoms with Gasteiger partial charge in [0.25, 0.3) is 0 Å². The van der Waals surface area contributed by atoms with Crippen LogP contribution in [0.3, 0.4) is 0 Å². The molecule has 3 rings (SSSR count). The molecule has 2 atom stereocenters. The van der Waals surface area contributed by atoms with Crippen LogP contribution in [0.2, 0.25) is 0 Å². The van der Waals surface area contributed by atoms with Crippen LogP contribution in [0, 0.1) is 5.92 Å². The Morgan fingerprint density at radius 3 is 2.44 bits per heavy atom. The number of halogens is 3. The van der Waals surface area contributed by atoms with Gasteiger partial charge in [0.1, 0.15) is 0 Å². The molecule has 1 fully saturated rings. The highest BCUT2D eigenvalue weighted by molar-refractivity contribution is 5.87. The largest absolute Gasteiger partial charge is 0.478 e. The number of rotatable bonds is 6. The van der Waals surface area contributed by atoms with Crippen molar-refractivity contribution in [3.63, 3.8) is 0 Å². The summed E-state index contributed by atoms with van der Waals surface area (Å²) in [5, 5.41) is 11.7. The van der Waals surface area contributed by atoms with Crippen LogP contribution in [0.4, 0.5) is 13.2 Å². The van der Waals surface area contributed by atoms with Crippen LogP contribution in [0.5, 0.6) is 0 Å². The second-order valence-corrected chi connectivity index (χ2v) is 6.62. The molecule has 1 saturated carbocycles. The highest BCUT2D eigenvalue weighted by Crippen LogP contribution is 2.48. The number of carboxylic acid groups (broad SMARTS) is 1. The van der Waals surface area contributed by atoms with Gasteiger partial charge < -0.3 is 10.4 Å². The van der Waals surface area contributed by atoms with Gasteiger partial charge in [-0.15, -0.1) is 0 Å². The first-order valence-corrected chi connectivity index (χ1v) is 8.53. The zero-order valence-electron chi connectivity index (χ0n) is 14.3. The number of benzene rings is 2. The predicted octanol–water partition coefficient (Wildman–Crippen LogP) is 3.87. The molecule has 0 spiro atoms. The first kappa shape index (κ1) is 18.9. The van der Waals surface area contributed by atoms with Gasteiger partial charge in [-0.2, -0.15) is 13.2 Å². The molecule has 0 aromatic heterocycles. The van der Waals surface area contributed by atoms with Gasteiger partial charge in [-0.3, -0.25) is 4.79 Å². The summed E-state index contributed by atoms with van der Waals surface area (Å²) in [5.74, 6) is -1.64. The molecule has 0 bridgehead atoms. The number of hydrogen-bond acceptors (Lipinski definition) is 2. The molecule has 2 unspecified atom stereocenters. The Hall–Kier alpha value is -2.83. The second-order valence-electron chi connectivity index (χ2n) is 6.62. The molecule has 142 valence electrons. The third-order valence-electron chi connectivity index (χ3n) is 4.68. The van der Waals surface area contributed by atoms with Gasteiger partial charge in [0, 0.05) is 12.5 Å². The lowest BCUT2D eigenvalue weighted by Crippen LogP contribution is -2.27. The van der Waals surface area contributed by atoms with E-state index in [1.807, 2.05) is 0 Å². The Labute approximate surface area is 154 Å². The Morgan fingerprint density at radius 2 is 1.81 bits per heavy atom. The molecule has 0 aliphatic heterocycles. The number of nitrogens with one attached hydrogen (secondary N) is 1. The van der Waals surface area contributed by atoms with Crippen LogP contribution in [0.25, 0.3) is 0 Å². The van der Waals surface area contributed by atoms with E-state index in [1.165, 1.54) is 18.2 Å². The standard InChI is InChI=1S/C20H18F3NO3/c21-20(22,23)15-3-1-2-14(10-15)16-11-17(16)18(25)24-9-8-12-4-6-13(7-5-12)19(26)27/h1-7,10,16-17H,8-9,11H2,(H,24,25)(H,26,27). The maximum Gasteiger partial charge on any atom is 0.416 e. The first-order valence-electron chi connectivity index (χ1n) is 8.53. The van der Waals surface area contributed by atoms with Gasteiger partial charge in [-0.25, -0.2) is 4.79 Å². The van der Waals surface area contributed by atoms with Gasteiger partial charge in [0.15, 0.2) is 0 Å². The first-order chi connectivity index (χ1) is 12.8. The molecular formula is C20H18F3NO3. The molecule has 1 aliphatic rings. The fourth-order valence-electron chi connectivity index (χ4n) is 3.07. The van der Waals surface area contributed by atoms with Crippen molar-refractivity contribution in [2.24, 2.45) is 5.92 Å². The molecule has 2 N–H and O–H groups in total. The normalized spacial score (nSPS) is 18.8. The van der Waals surface area contributed by atoms with Crippen LogP contribution < -0.4 is 5.32 Å². The van der Waals surface area contributed by atoms with E-state index < -0.39 is 17.7 Å². The smallest absolute Gasteiger partial charge is 0.416 e. The average molecular weight is 377 g/mol. The Kier molecular flexibility index (Phi) is 5.21. The van der Waals surface area contributed by atoms with E-state index in [4.69, 9.17) is 5.11 Å². The van der Waals surface area contributed by atoms with E-state index in [0.717, 1.165) is 17.7 Å². The second kappa shape index (κ2) is 7.42. The highest BCUT2D eigenvalue weighted by Gasteiger charge is 2.44. The van der Waals surface area contributed by atoms with Crippen molar-refractivity contribution >= 4 is 11.9 Å². The molecule has 4 nitrogen and oxygen atoms in total. The van der Waals surface area contributed by atoms with E-state index in [1.54, 1.807) is 18.2 Å². The van der Waals surface area contributed by atoms with E-state index in [2.05, 4.69) is 5.32 Å². The highest BCUT2D eigenvalue weighted by atomic mass is 19.4. The number of aromatic carboxylic acids is 1. The van der Waals surface area contributed by atoms with Crippen molar-refractivity contribution in [3.8, 4) is 0 Å². The lowest BCUT2D eigenvalue weighted by Gasteiger charge is -2.09. The number of carboxylic acids is 1. The lowest BCUT2D eigenvalue weighted by atomic mass is 10.1. The predicted molar refractivity (Wildman–Crippen MR) is 92.4 cm³/mol. The summed E-state index contributed by atoms with van der Waals surface area (Å²) in [4.78, 5) is 23.0. The Morgan fingerprint density at radius 1 is 1.11 bits per heavy atom. The summed E-state index contributed by atoms with van der Waals surface area (Å²) in [5.41, 5.74) is 0.931. The summed E-state index contributed by atoms with van der Waals surface area (Å²) >= 11 is 0. The number of alkyl halides is 3. The molecule has 1 amide bonds.